The molecule has 0 aromatic heterocycles. The summed E-state index contributed by atoms with van der Waals surface area (Å²) in [7, 11) is -3.24. The van der Waals surface area contributed by atoms with Gasteiger partial charge in [0.05, 0.1) is 5.41 Å². The van der Waals surface area contributed by atoms with Crippen molar-refractivity contribution in [2.24, 2.45) is 5.10 Å². The van der Waals surface area contributed by atoms with Crippen LogP contribution in [0.3, 0.4) is 0 Å². The molecule has 0 aromatic carbocycles. The highest BCUT2D eigenvalue weighted by Gasteiger charge is 2.02. The number of hydrogen-bond acceptors (Lipinski definition) is 3. The Balaban J connectivity index is 2.98. The lowest BCUT2D eigenvalue weighted by atomic mass is 10.7. The second-order valence-electron chi connectivity index (χ2n) is 1.18. The van der Waals surface area contributed by atoms with E-state index in [1.807, 2.05) is 4.83 Å². The summed E-state index contributed by atoms with van der Waals surface area (Å²) >= 11 is 0. The molecule has 1 aliphatic rings. The molecule has 0 atom stereocenters. The number of allylic oxidation sites excluding steroid dienone is 1. The van der Waals surface area contributed by atoms with Crippen LogP contribution in [0.25, 0.3) is 0 Å². The van der Waals surface area contributed by atoms with Gasteiger partial charge in [0, 0.05) is 0 Å². The Morgan fingerprint density at radius 3 is 2.62 bits per heavy atom. The Labute approximate surface area is 46.9 Å². The SMILES string of the molecule is O=S1(=O)C=C[C]=NN1. The Kier molecular flexibility index (Phi) is 1.05. The molecule has 1 heterocycles. The minimum atomic E-state index is -3.24. The third kappa shape index (κ3) is 1.06. The van der Waals surface area contributed by atoms with E-state index in [2.05, 4.69) is 11.3 Å². The molecule has 8 heavy (non-hydrogen) atoms. The molecule has 0 saturated carbocycles. The molecule has 4 nitrogen and oxygen atoms in total. The van der Waals surface area contributed by atoms with Crippen LogP contribution in [0.1, 0.15) is 0 Å². The van der Waals surface area contributed by atoms with Gasteiger partial charge in [-0.25, -0.2) is 8.42 Å². The van der Waals surface area contributed by atoms with Crippen molar-refractivity contribution < 1.29 is 8.42 Å². The monoisotopic (exact) mass is 131 g/mol. The molecule has 0 aliphatic carbocycles. The van der Waals surface area contributed by atoms with E-state index in [0.29, 0.717) is 0 Å². The number of rotatable bonds is 0. The second kappa shape index (κ2) is 1.59. The summed E-state index contributed by atoms with van der Waals surface area (Å²) in [4.78, 5) is 1.86. The van der Waals surface area contributed by atoms with Crippen molar-refractivity contribution in [3.63, 3.8) is 0 Å². The summed E-state index contributed by atoms with van der Waals surface area (Å²) < 4.78 is 20.6. The number of nitrogens with one attached hydrogen (secondary N) is 1. The van der Waals surface area contributed by atoms with Crippen LogP contribution in [0.5, 0.6) is 0 Å². The molecular weight excluding hydrogens is 128 g/mol. The molecule has 0 bridgehead atoms. The second-order valence-corrected chi connectivity index (χ2v) is 2.72. The van der Waals surface area contributed by atoms with E-state index in [9.17, 15) is 8.42 Å². The highest BCUT2D eigenvalue weighted by atomic mass is 32.2. The van der Waals surface area contributed by atoms with Gasteiger partial charge in [-0.05, 0) is 6.08 Å². The van der Waals surface area contributed by atoms with Gasteiger partial charge in [0.2, 0.25) is 0 Å². The van der Waals surface area contributed by atoms with Gasteiger partial charge in [-0.1, -0.05) is 0 Å². The molecule has 43 valence electrons. The van der Waals surface area contributed by atoms with Crippen molar-refractivity contribution in [3.8, 4) is 0 Å². The molecule has 0 amide bonds. The zero-order valence-electron chi connectivity index (χ0n) is 3.83. The molecule has 1 N–H and O–H groups in total. The van der Waals surface area contributed by atoms with Gasteiger partial charge >= 0.3 is 0 Å². The van der Waals surface area contributed by atoms with Gasteiger partial charge in [-0.3, -0.25) is 0 Å². The minimum Gasteiger partial charge on any atom is -0.200 e. The minimum absolute atomic E-state index is 0.986. The third-order valence-corrected chi connectivity index (χ3v) is 1.40. The fourth-order valence-electron chi connectivity index (χ4n) is 0.278. The summed E-state index contributed by atoms with van der Waals surface area (Å²) in [5.41, 5.74) is 0. The molecule has 0 spiro atoms. The molecule has 0 fully saturated rings. The van der Waals surface area contributed by atoms with E-state index in [1.54, 1.807) is 0 Å². The van der Waals surface area contributed by atoms with Crippen LogP contribution >= 0.6 is 0 Å². The standard InChI is InChI=1S/C3H3N2O2S/c6-8(7)3-1-2-4-5-8/h1,3,5H. The smallest absolute Gasteiger partial charge is 0.200 e. The van der Waals surface area contributed by atoms with Crippen molar-refractivity contribution in [3.05, 3.63) is 11.5 Å². The molecular formula is C3H3N2O2S. The number of hydrogen-bond donors (Lipinski definition) is 1. The average Bonchev–Trinajstić information content (AvgIpc) is 1.65. The zero-order chi connectivity index (χ0) is 6.04. The quantitative estimate of drug-likeness (QED) is 0.472. The Hall–Kier alpha value is -0.840. The maximum absolute atomic E-state index is 10.3. The van der Waals surface area contributed by atoms with E-state index >= 15 is 0 Å². The fraction of sp³-hybridized carbons (Fsp3) is 0. The molecule has 0 aromatic rings. The first-order chi connectivity index (χ1) is 3.71. The highest BCUT2D eigenvalue weighted by molar-refractivity contribution is 7.92. The van der Waals surface area contributed by atoms with E-state index in [4.69, 9.17) is 0 Å². The molecule has 1 rings (SSSR count). The van der Waals surface area contributed by atoms with Crippen molar-refractivity contribution in [2.75, 3.05) is 0 Å². The summed E-state index contributed by atoms with van der Waals surface area (Å²) in [6.45, 7) is 0. The van der Waals surface area contributed by atoms with Crippen LogP contribution in [-0.4, -0.2) is 14.6 Å². The molecule has 1 aliphatic heterocycles. The van der Waals surface area contributed by atoms with Gasteiger partial charge in [0.1, 0.15) is 6.21 Å². The lowest BCUT2D eigenvalue weighted by Crippen LogP contribution is -2.16. The maximum atomic E-state index is 10.3. The zero-order valence-corrected chi connectivity index (χ0v) is 4.64. The topological polar surface area (TPSA) is 58.5 Å². The first kappa shape index (κ1) is 5.30. The van der Waals surface area contributed by atoms with E-state index < -0.39 is 10.0 Å². The van der Waals surface area contributed by atoms with Gasteiger partial charge in [-0.2, -0.15) is 9.93 Å². The number of nitrogens with zero attached hydrogens (tertiary/aromatic N) is 1. The van der Waals surface area contributed by atoms with E-state index in [-0.39, 0.29) is 0 Å². The predicted molar refractivity (Wildman–Crippen MR) is 28.6 cm³/mol. The first-order valence-electron chi connectivity index (χ1n) is 1.84. The van der Waals surface area contributed by atoms with Crippen LogP contribution < -0.4 is 4.83 Å². The van der Waals surface area contributed by atoms with Crippen molar-refractivity contribution in [1.82, 2.24) is 4.83 Å². The normalized spacial score (nSPS) is 22.5. The fourth-order valence-corrected chi connectivity index (χ4v) is 0.758. The van der Waals surface area contributed by atoms with Crippen molar-refractivity contribution >= 4 is 16.2 Å². The Morgan fingerprint density at radius 2 is 2.38 bits per heavy atom. The summed E-state index contributed by atoms with van der Waals surface area (Å²) in [6.07, 6.45) is 3.52. The van der Waals surface area contributed by atoms with Crippen molar-refractivity contribution in [1.29, 1.82) is 0 Å². The lowest BCUT2D eigenvalue weighted by Gasteiger charge is -1.96. The Bertz CT molecular complexity index is 226. The van der Waals surface area contributed by atoms with Crippen LogP contribution in [0.2, 0.25) is 0 Å². The maximum Gasteiger partial charge on any atom is 0.269 e. The number of sulfonamides is 1. The van der Waals surface area contributed by atoms with Gasteiger partial charge < -0.3 is 0 Å². The Morgan fingerprint density at radius 1 is 1.62 bits per heavy atom. The summed E-state index contributed by atoms with van der Waals surface area (Å²) in [5, 5.41) is 4.14. The van der Waals surface area contributed by atoms with Crippen LogP contribution in [0.4, 0.5) is 0 Å². The largest absolute Gasteiger partial charge is 0.269 e. The highest BCUT2D eigenvalue weighted by Crippen LogP contribution is 1.88. The molecule has 0 unspecified atom stereocenters. The van der Waals surface area contributed by atoms with Gasteiger partial charge in [-0.15, -0.1) is 0 Å². The third-order valence-electron chi connectivity index (χ3n) is 0.559. The molecule has 0 saturated heterocycles. The lowest BCUT2D eigenvalue weighted by molar-refractivity contribution is 0.593. The predicted octanol–water partition coefficient (Wildman–Crippen LogP) is -0.704. The first-order valence-corrected chi connectivity index (χ1v) is 3.39. The number of hydrazone groups is 1. The molecule has 5 heteroatoms. The van der Waals surface area contributed by atoms with Gasteiger partial charge in [0.25, 0.3) is 10.0 Å². The van der Waals surface area contributed by atoms with E-state index in [1.165, 1.54) is 6.08 Å². The van der Waals surface area contributed by atoms with Crippen LogP contribution in [-0.2, 0) is 10.0 Å². The van der Waals surface area contributed by atoms with Crippen molar-refractivity contribution in [2.45, 2.75) is 0 Å². The molecule has 1 radical (unpaired) electrons. The van der Waals surface area contributed by atoms with E-state index in [0.717, 1.165) is 5.41 Å². The van der Waals surface area contributed by atoms with Crippen LogP contribution in [0.15, 0.2) is 16.6 Å². The van der Waals surface area contributed by atoms with Crippen LogP contribution in [0, 0.1) is 0 Å². The van der Waals surface area contributed by atoms with Gasteiger partial charge in [0.15, 0.2) is 0 Å². The summed E-state index contributed by atoms with van der Waals surface area (Å²) in [5.74, 6) is 0. The summed E-state index contributed by atoms with van der Waals surface area (Å²) in [6, 6.07) is 0. The average molecular weight is 131 g/mol.